The molecule has 86 valence electrons. The van der Waals surface area contributed by atoms with Gasteiger partial charge in [0.15, 0.2) is 0 Å². The van der Waals surface area contributed by atoms with Crippen molar-refractivity contribution in [2.45, 2.75) is 12.8 Å². The van der Waals surface area contributed by atoms with Crippen molar-refractivity contribution in [3.05, 3.63) is 30.5 Å². The van der Waals surface area contributed by atoms with Crippen molar-refractivity contribution in [1.29, 1.82) is 5.26 Å². The van der Waals surface area contributed by atoms with Crippen molar-refractivity contribution in [3.8, 4) is 6.07 Å². The summed E-state index contributed by atoms with van der Waals surface area (Å²) >= 11 is 0. The van der Waals surface area contributed by atoms with E-state index in [2.05, 4.69) is 34.3 Å². The maximum atomic E-state index is 9.06. The number of hydrogen-bond acceptors (Lipinski definition) is 2. The van der Waals surface area contributed by atoms with Gasteiger partial charge in [-0.05, 0) is 18.9 Å². The number of nitriles is 1. The van der Waals surface area contributed by atoms with Crippen molar-refractivity contribution in [1.82, 2.24) is 4.57 Å². The van der Waals surface area contributed by atoms with Crippen LogP contribution < -0.4 is 5.32 Å². The first-order valence-corrected chi connectivity index (χ1v) is 5.93. The number of aromatic nitrogens is 1. The van der Waals surface area contributed by atoms with Gasteiger partial charge in [0.05, 0.1) is 17.2 Å². The largest absolute Gasteiger partial charge is 0.382 e. The molecule has 1 heterocycles. The van der Waals surface area contributed by atoms with Crippen molar-refractivity contribution < 1.29 is 0 Å². The van der Waals surface area contributed by atoms with Crippen LogP contribution >= 0.6 is 0 Å². The third-order valence-electron chi connectivity index (χ3n) is 3.60. The van der Waals surface area contributed by atoms with Crippen molar-refractivity contribution in [2.24, 2.45) is 12.5 Å². The molecule has 1 fully saturated rings. The van der Waals surface area contributed by atoms with Crippen LogP contribution in [0, 0.1) is 16.7 Å². The van der Waals surface area contributed by atoms with E-state index in [1.54, 1.807) is 0 Å². The zero-order valence-corrected chi connectivity index (χ0v) is 9.90. The Morgan fingerprint density at radius 3 is 2.88 bits per heavy atom. The number of aryl methyl sites for hydroxylation is 1. The van der Waals surface area contributed by atoms with E-state index in [0.29, 0.717) is 0 Å². The Bertz CT molecular complexity index is 599. The van der Waals surface area contributed by atoms with Crippen LogP contribution in [-0.4, -0.2) is 11.1 Å². The lowest BCUT2D eigenvalue weighted by Gasteiger charge is -2.07. The van der Waals surface area contributed by atoms with Gasteiger partial charge in [0, 0.05) is 30.7 Å². The third kappa shape index (κ3) is 1.66. The summed E-state index contributed by atoms with van der Waals surface area (Å²) in [6.07, 6.45) is 4.15. The molecule has 0 amide bonds. The Kier molecular flexibility index (Phi) is 2.12. The molecule has 0 radical (unpaired) electrons. The average molecular weight is 225 g/mol. The van der Waals surface area contributed by atoms with Gasteiger partial charge in [-0.15, -0.1) is 0 Å². The molecule has 0 aliphatic heterocycles. The number of fused-ring (bicyclic) bond motifs is 1. The molecule has 0 unspecified atom stereocenters. The fraction of sp³-hybridized carbons (Fsp3) is 0.357. The van der Waals surface area contributed by atoms with Gasteiger partial charge in [0.2, 0.25) is 0 Å². The van der Waals surface area contributed by atoms with Crippen LogP contribution in [0.5, 0.6) is 0 Å². The molecule has 1 aromatic carbocycles. The number of anilines is 1. The van der Waals surface area contributed by atoms with E-state index < -0.39 is 0 Å². The summed E-state index contributed by atoms with van der Waals surface area (Å²) in [6, 6.07) is 10.7. The normalized spacial score (nSPS) is 16.7. The van der Waals surface area contributed by atoms with E-state index in [-0.39, 0.29) is 5.41 Å². The molecule has 1 aliphatic carbocycles. The monoisotopic (exact) mass is 225 g/mol. The molecule has 3 heteroatoms. The lowest BCUT2D eigenvalue weighted by Crippen LogP contribution is -2.12. The zero-order valence-electron chi connectivity index (χ0n) is 9.90. The highest BCUT2D eigenvalue weighted by Crippen LogP contribution is 2.45. The number of nitrogens with one attached hydrogen (secondary N) is 1. The number of rotatable bonds is 3. The molecule has 2 aromatic rings. The summed E-state index contributed by atoms with van der Waals surface area (Å²) < 4.78 is 2.11. The Labute approximate surface area is 101 Å². The molecule has 0 spiro atoms. The van der Waals surface area contributed by atoms with Gasteiger partial charge in [0.1, 0.15) is 0 Å². The lowest BCUT2D eigenvalue weighted by molar-refractivity contribution is 0.711. The number of hydrogen-bond donors (Lipinski definition) is 1. The predicted octanol–water partition coefficient (Wildman–Crippen LogP) is 2.89. The summed E-state index contributed by atoms with van der Waals surface area (Å²) in [5, 5.41) is 13.7. The summed E-state index contributed by atoms with van der Waals surface area (Å²) in [7, 11) is 2.05. The summed E-state index contributed by atoms with van der Waals surface area (Å²) in [4.78, 5) is 0. The first-order chi connectivity index (χ1) is 8.24. The maximum absolute atomic E-state index is 9.06. The molecule has 1 saturated carbocycles. The van der Waals surface area contributed by atoms with Crippen LogP contribution in [-0.2, 0) is 7.05 Å². The Balaban J connectivity index is 1.89. The molecule has 0 atom stereocenters. The molecule has 1 aromatic heterocycles. The van der Waals surface area contributed by atoms with Crippen LogP contribution in [0.3, 0.4) is 0 Å². The molecule has 3 nitrogen and oxygen atoms in total. The standard InChI is InChI=1S/C14H15N3/c1-17-8-12(11-4-2-3-5-13(11)17)16-10-14(9-15)6-7-14/h2-5,8,16H,6-7,10H2,1H3. The average Bonchev–Trinajstić information content (AvgIpc) is 3.08. The topological polar surface area (TPSA) is 40.8 Å². The van der Waals surface area contributed by atoms with Gasteiger partial charge in [-0.1, -0.05) is 18.2 Å². The molecule has 0 bridgehead atoms. The molecular formula is C14H15N3. The molecule has 1 N–H and O–H groups in total. The fourth-order valence-electron chi connectivity index (χ4n) is 2.23. The lowest BCUT2D eigenvalue weighted by atomic mass is 10.1. The van der Waals surface area contributed by atoms with Crippen LogP contribution in [0.2, 0.25) is 0 Å². The zero-order chi connectivity index (χ0) is 11.9. The Morgan fingerprint density at radius 1 is 1.41 bits per heavy atom. The summed E-state index contributed by atoms with van der Waals surface area (Å²) in [5.41, 5.74) is 2.25. The van der Waals surface area contributed by atoms with Crippen molar-refractivity contribution in [2.75, 3.05) is 11.9 Å². The molecule has 1 aliphatic rings. The van der Waals surface area contributed by atoms with Crippen LogP contribution in [0.1, 0.15) is 12.8 Å². The molecule has 3 rings (SSSR count). The number of benzene rings is 1. The highest BCUT2D eigenvalue weighted by Gasteiger charge is 2.42. The van der Waals surface area contributed by atoms with E-state index >= 15 is 0 Å². The second kappa shape index (κ2) is 3.53. The molecule has 0 saturated heterocycles. The van der Waals surface area contributed by atoms with Crippen LogP contribution in [0.4, 0.5) is 5.69 Å². The predicted molar refractivity (Wildman–Crippen MR) is 68.7 cm³/mol. The second-order valence-electron chi connectivity index (χ2n) is 4.92. The van der Waals surface area contributed by atoms with Crippen LogP contribution in [0.15, 0.2) is 30.5 Å². The maximum Gasteiger partial charge on any atom is 0.0747 e. The van der Waals surface area contributed by atoms with Gasteiger partial charge in [-0.2, -0.15) is 5.26 Å². The quantitative estimate of drug-likeness (QED) is 0.872. The van der Waals surface area contributed by atoms with Gasteiger partial charge < -0.3 is 9.88 Å². The highest BCUT2D eigenvalue weighted by molar-refractivity contribution is 5.92. The van der Waals surface area contributed by atoms with E-state index in [0.717, 1.165) is 25.1 Å². The summed E-state index contributed by atoms with van der Waals surface area (Å²) in [6.45, 7) is 0.761. The highest BCUT2D eigenvalue weighted by atomic mass is 15.0. The van der Waals surface area contributed by atoms with Gasteiger partial charge >= 0.3 is 0 Å². The van der Waals surface area contributed by atoms with Gasteiger partial charge in [0.25, 0.3) is 0 Å². The Morgan fingerprint density at radius 2 is 2.18 bits per heavy atom. The van der Waals surface area contributed by atoms with E-state index in [4.69, 9.17) is 5.26 Å². The second-order valence-corrected chi connectivity index (χ2v) is 4.92. The van der Waals surface area contributed by atoms with Crippen molar-refractivity contribution >= 4 is 16.6 Å². The van der Waals surface area contributed by atoms with E-state index in [9.17, 15) is 0 Å². The third-order valence-corrected chi connectivity index (χ3v) is 3.60. The van der Waals surface area contributed by atoms with E-state index in [1.165, 1.54) is 10.9 Å². The Hall–Kier alpha value is -1.95. The number of para-hydroxylation sites is 1. The smallest absolute Gasteiger partial charge is 0.0747 e. The van der Waals surface area contributed by atoms with E-state index in [1.807, 2.05) is 19.2 Å². The molecule has 17 heavy (non-hydrogen) atoms. The summed E-state index contributed by atoms with van der Waals surface area (Å²) in [5.74, 6) is 0. The number of nitrogens with zero attached hydrogens (tertiary/aromatic N) is 2. The minimum absolute atomic E-state index is 0.100. The minimum atomic E-state index is -0.100. The minimum Gasteiger partial charge on any atom is -0.382 e. The van der Waals surface area contributed by atoms with Crippen LogP contribution in [0.25, 0.3) is 10.9 Å². The van der Waals surface area contributed by atoms with Crippen molar-refractivity contribution in [3.63, 3.8) is 0 Å². The van der Waals surface area contributed by atoms with Gasteiger partial charge in [-0.3, -0.25) is 0 Å². The van der Waals surface area contributed by atoms with Gasteiger partial charge in [-0.25, -0.2) is 0 Å². The molecular weight excluding hydrogens is 210 g/mol. The first kappa shape index (κ1) is 10.2. The first-order valence-electron chi connectivity index (χ1n) is 5.93. The SMILES string of the molecule is Cn1cc(NCC2(C#N)CC2)c2ccccc21. The fourth-order valence-corrected chi connectivity index (χ4v) is 2.23.